The number of nitrogens with one attached hydrogen (secondary N) is 4. The topological polar surface area (TPSA) is 89.2 Å². The van der Waals surface area contributed by atoms with Crippen LogP contribution < -0.4 is 5.73 Å². The van der Waals surface area contributed by atoms with Crippen LogP contribution >= 0.6 is 0 Å². The molecule has 5 aromatic rings. The van der Waals surface area contributed by atoms with Gasteiger partial charge in [-0.15, -0.1) is 0 Å². The molecule has 0 aliphatic rings. The summed E-state index contributed by atoms with van der Waals surface area (Å²) in [6.07, 6.45) is 0. The average molecular weight is 275 g/mol. The van der Waals surface area contributed by atoms with Crippen LogP contribution in [0.1, 0.15) is 0 Å². The Morgan fingerprint density at radius 1 is 0.714 bits per heavy atom. The molecule has 102 valence electrons. The molecule has 1 aromatic carbocycles. The lowest BCUT2D eigenvalue weighted by molar-refractivity contribution is 1.38. The van der Waals surface area contributed by atoms with E-state index in [4.69, 9.17) is 5.73 Å². The molecular weight excluding hydrogens is 262 g/mol. The lowest BCUT2D eigenvalue weighted by Gasteiger charge is -1.95. The molecule has 4 aromatic heterocycles. The Hall–Kier alpha value is -3.08. The summed E-state index contributed by atoms with van der Waals surface area (Å²) in [5.41, 5.74) is 12.2. The van der Waals surface area contributed by atoms with E-state index < -0.39 is 0 Å². The predicted molar refractivity (Wildman–Crippen MR) is 86.2 cm³/mol. The number of rotatable bonds is 1. The van der Waals surface area contributed by atoms with Crippen LogP contribution in [0.4, 0.5) is 5.82 Å². The van der Waals surface area contributed by atoms with Gasteiger partial charge >= 0.3 is 0 Å². The third-order valence-electron chi connectivity index (χ3n) is 4.03. The molecule has 0 aliphatic heterocycles. The zero-order chi connectivity index (χ0) is 14.0. The highest BCUT2D eigenvalue weighted by Crippen LogP contribution is 2.34. The number of fused-ring (bicyclic) bond motifs is 5. The van der Waals surface area contributed by atoms with E-state index in [0.717, 1.165) is 38.8 Å². The van der Waals surface area contributed by atoms with E-state index in [1.807, 2.05) is 24.3 Å². The van der Waals surface area contributed by atoms with Gasteiger partial charge in [-0.25, -0.2) is 0 Å². The summed E-state index contributed by atoms with van der Waals surface area (Å²) in [6, 6.07) is 14.4. The Balaban J connectivity index is 1.81. The second-order valence-electron chi connectivity index (χ2n) is 5.35. The summed E-state index contributed by atoms with van der Waals surface area (Å²) >= 11 is 0. The summed E-state index contributed by atoms with van der Waals surface area (Å²) in [5, 5.41) is 2.25. The standard InChI is InChI=1S/C16H13N5/c17-12-7-10-14-13(21-16(10)19-12)9-6-11(18-15(9)20-14)8-4-2-1-3-5-8/h1-7,18-21H,17H2. The third kappa shape index (κ3) is 1.34. The summed E-state index contributed by atoms with van der Waals surface area (Å²) in [7, 11) is 0. The number of H-pyrrole nitrogens is 4. The van der Waals surface area contributed by atoms with Crippen molar-refractivity contribution in [2.75, 3.05) is 5.73 Å². The molecule has 0 radical (unpaired) electrons. The maximum absolute atomic E-state index is 5.80. The Morgan fingerprint density at radius 2 is 1.38 bits per heavy atom. The molecule has 0 aliphatic carbocycles. The van der Waals surface area contributed by atoms with Crippen LogP contribution in [0.2, 0.25) is 0 Å². The highest BCUT2D eigenvalue weighted by Gasteiger charge is 2.14. The van der Waals surface area contributed by atoms with Crippen LogP contribution in [0, 0.1) is 0 Å². The summed E-state index contributed by atoms with van der Waals surface area (Å²) in [5.74, 6) is 0.668. The molecule has 0 bridgehead atoms. The fraction of sp³-hybridized carbons (Fsp3) is 0. The van der Waals surface area contributed by atoms with Crippen molar-refractivity contribution >= 4 is 38.9 Å². The number of nitrogen functional groups attached to an aromatic ring is 1. The fourth-order valence-electron chi connectivity index (χ4n) is 3.07. The fourth-order valence-corrected chi connectivity index (χ4v) is 3.07. The molecule has 6 N–H and O–H groups in total. The Morgan fingerprint density at radius 3 is 2.14 bits per heavy atom. The molecule has 0 saturated carbocycles. The van der Waals surface area contributed by atoms with Gasteiger partial charge in [0.1, 0.15) is 17.1 Å². The van der Waals surface area contributed by atoms with Crippen molar-refractivity contribution in [2.24, 2.45) is 0 Å². The molecule has 4 heterocycles. The zero-order valence-electron chi connectivity index (χ0n) is 11.1. The van der Waals surface area contributed by atoms with Crippen molar-refractivity contribution in [3.63, 3.8) is 0 Å². The Bertz CT molecular complexity index is 1090. The van der Waals surface area contributed by atoms with Crippen molar-refractivity contribution in [2.45, 2.75) is 0 Å². The minimum atomic E-state index is 0.668. The number of nitrogens with two attached hydrogens (primary N) is 1. The molecule has 5 rings (SSSR count). The van der Waals surface area contributed by atoms with E-state index in [-0.39, 0.29) is 0 Å². The average Bonchev–Trinajstić information content (AvgIpc) is 3.18. The number of anilines is 1. The minimum Gasteiger partial charge on any atom is -0.385 e. The number of aromatic nitrogens is 4. The van der Waals surface area contributed by atoms with Gasteiger partial charge in [-0.05, 0) is 17.7 Å². The molecule has 21 heavy (non-hydrogen) atoms. The number of hydrogen-bond donors (Lipinski definition) is 5. The maximum Gasteiger partial charge on any atom is 0.119 e. The maximum atomic E-state index is 5.80. The first-order chi connectivity index (χ1) is 10.3. The van der Waals surface area contributed by atoms with Crippen molar-refractivity contribution < 1.29 is 0 Å². The monoisotopic (exact) mass is 275 g/mol. The second-order valence-corrected chi connectivity index (χ2v) is 5.35. The van der Waals surface area contributed by atoms with E-state index in [2.05, 4.69) is 38.1 Å². The zero-order valence-corrected chi connectivity index (χ0v) is 11.1. The van der Waals surface area contributed by atoms with Gasteiger partial charge in [-0.1, -0.05) is 30.3 Å². The van der Waals surface area contributed by atoms with Gasteiger partial charge in [0.25, 0.3) is 0 Å². The van der Waals surface area contributed by atoms with Gasteiger partial charge in [0.15, 0.2) is 0 Å². The van der Waals surface area contributed by atoms with Crippen molar-refractivity contribution in [3.05, 3.63) is 42.5 Å². The molecule has 0 spiro atoms. The van der Waals surface area contributed by atoms with Crippen LogP contribution in [0.15, 0.2) is 42.5 Å². The van der Waals surface area contributed by atoms with Crippen LogP contribution in [0.3, 0.4) is 0 Å². The Labute approximate surface area is 119 Å². The van der Waals surface area contributed by atoms with E-state index in [1.165, 1.54) is 5.56 Å². The van der Waals surface area contributed by atoms with Crippen molar-refractivity contribution in [1.29, 1.82) is 0 Å². The van der Waals surface area contributed by atoms with Gasteiger partial charge in [0.05, 0.1) is 11.0 Å². The van der Waals surface area contributed by atoms with Crippen molar-refractivity contribution in [3.8, 4) is 11.3 Å². The predicted octanol–water partition coefficient (Wildman–Crippen LogP) is 3.71. The summed E-state index contributed by atoms with van der Waals surface area (Å²) in [6.45, 7) is 0. The minimum absolute atomic E-state index is 0.668. The van der Waals surface area contributed by atoms with Gasteiger partial charge in [0, 0.05) is 16.5 Å². The summed E-state index contributed by atoms with van der Waals surface area (Å²) < 4.78 is 0. The second kappa shape index (κ2) is 3.52. The van der Waals surface area contributed by atoms with E-state index in [1.54, 1.807) is 0 Å². The Kier molecular flexibility index (Phi) is 1.79. The quantitative estimate of drug-likeness (QED) is 0.317. The van der Waals surface area contributed by atoms with Gasteiger partial charge in [-0.3, -0.25) is 0 Å². The van der Waals surface area contributed by atoms with Crippen LogP contribution in [-0.4, -0.2) is 19.9 Å². The van der Waals surface area contributed by atoms with E-state index >= 15 is 0 Å². The lowest BCUT2D eigenvalue weighted by atomic mass is 10.1. The molecule has 0 unspecified atom stereocenters. The number of aromatic amines is 4. The normalized spacial score (nSPS) is 12.0. The molecule has 0 saturated heterocycles. The van der Waals surface area contributed by atoms with Gasteiger partial charge in [-0.2, -0.15) is 0 Å². The first kappa shape index (κ1) is 10.7. The first-order valence-corrected chi connectivity index (χ1v) is 6.85. The molecular formula is C16H13N5. The molecule has 0 amide bonds. The van der Waals surface area contributed by atoms with Crippen LogP contribution in [-0.2, 0) is 0 Å². The smallest absolute Gasteiger partial charge is 0.119 e. The first-order valence-electron chi connectivity index (χ1n) is 6.85. The van der Waals surface area contributed by atoms with Gasteiger partial charge in [0.2, 0.25) is 0 Å². The van der Waals surface area contributed by atoms with Crippen LogP contribution in [0.5, 0.6) is 0 Å². The summed E-state index contributed by atoms with van der Waals surface area (Å²) in [4.78, 5) is 13.4. The molecule has 0 fully saturated rings. The number of hydrogen-bond acceptors (Lipinski definition) is 1. The van der Waals surface area contributed by atoms with Crippen LogP contribution in [0.25, 0.3) is 44.4 Å². The largest absolute Gasteiger partial charge is 0.385 e. The highest BCUT2D eigenvalue weighted by molar-refractivity contribution is 6.17. The van der Waals surface area contributed by atoms with E-state index in [0.29, 0.717) is 5.82 Å². The molecule has 5 heteroatoms. The lowest BCUT2D eigenvalue weighted by Crippen LogP contribution is -1.81. The molecule has 5 nitrogen and oxygen atoms in total. The molecule has 0 atom stereocenters. The SMILES string of the molecule is Nc1cc2c([nH]1)[nH]c1c3cc(-c4ccccc4)[nH]c3[nH]c21. The number of benzene rings is 1. The van der Waals surface area contributed by atoms with Crippen molar-refractivity contribution in [1.82, 2.24) is 19.9 Å². The highest BCUT2D eigenvalue weighted by atomic mass is 15.0. The van der Waals surface area contributed by atoms with E-state index in [9.17, 15) is 0 Å². The third-order valence-corrected chi connectivity index (χ3v) is 4.03. The van der Waals surface area contributed by atoms with Gasteiger partial charge < -0.3 is 25.7 Å².